The Bertz CT molecular complexity index is 444. The number of hydrogen-bond acceptors (Lipinski definition) is 4. The minimum Gasteiger partial charge on any atom is -0.465 e. The number of nitrogens with zero attached hydrogens (tertiary/aromatic N) is 2. The number of benzene rings is 1. The van der Waals surface area contributed by atoms with Gasteiger partial charge in [0.25, 0.3) is 0 Å². The predicted molar refractivity (Wildman–Crippen MR) is 81.1 cm³/mol. The molecular formula is C16H24N2O2. The van der Waals surface area contributed by atoms with Crippen LogP contribution in [0.15, 0.2) is 24.3 Å². The van der Waals surface area contributed by atoms with Crippen molar-refractivity contribution in [2.24, 2.45) is 0 Å². The van der Waals surface area contributed by atoms with Crippen LogP contribution < -0.4 is 4.90 Å². The van der Waals surface area contributed by atoms with Gasteiger partial charge >= 0.3 is 5.97 Å². The lowest BCUT2D eigenvalue weighted by atomic mass is 10.1. The second-order valence-electron chi connectivity index (χ2n) is 5.42. The number of carbonyl (C=O) groups excluding carboxylic acids is 1. The molecule has 1 aromatic rings. The molecule has 1 aromatic carbocycles. The highest BCUT2D eigenvalue weighted by Crippen LogP contribution is 2.20. The normalized spacial score (nSPS) is 19.9. The van der Waals surface area contributed by atoms with Crippen molar-refractivity contribution in [2.75, 3.05) is 37.7 Å². The summed E-state index contributed by atoms with van der Waals surface area (Å²) >= 11 is 0. The molecule has 110 valence electrons. The fourth-order valence-electron chi connectivity index (χ4n) is 2.69. The summed E-state index contributed by atoms with van der Waals surface area (Å²) in [6, 6.07) is 9.04. The van der Waals surface area contributed by atoms with Crippen molar-refractivity contribution in [1.29, 1.82) is 0 Å². The predicted octanol–water partition coefficient (Wildman–Crippen LogP) is 2.07. The van der Waals surface area contributed by atoms with Gasteiger partial charge < -0.3 is 9.64 Å². The summed E-state index contributed by atoms with van der Waals surface area (Å²) in [5.74, 6) is -0.122. The number of piperazine rings is 1. The first-order chi connectivity index (χ1) is 9.60. The van der Waals surface area contributed by atoms with Crippen LogP contribution in [-0.2, 0) is 9.53 Å². The van der Waals surface area contributed by atoms with Crippen LogP contribution in [0.25, 0.3) is 0 Å². The Hall–Kier alpha value is -1.55. The number of rotatable bonds is 4. The van der Waals surface area contributed by atoms with Crippen molar-refractivity contribution in [3.05, 3.63) is 29.8 Å². The van der Waals surface area contributed by atoms with E-state index in [0.717, 1.165) is 19.6 Å². The maximum absolute atomic E-state index is 11.5. The summed E-state index contributed by atoms with van der Waals surface area (Å²) < 4.78 is 5.01. The third kappa shape index (κ3) is 3.73. The van der Waals surface area contributed by atoms with E-state index in [1.807, 2.05) is 6.92 Å². The average molecular weight is 276 g/mol. The molecule has 20 heavy (non-hydrogen) atoms. The Balaban J connectivity index is 1.92. The van der Waals surface area contributed by atoms with Crippen molar-refractivity contribution in [3.8, 4) is 0 Å². The van der Waals surface area contributed by atoms with Gasteiger partial charge in [0.05, 0.1) is 13.2 Å². The zero-order valence-corrected chi connectivity index (χ0v) is 12.6. The summed E-state index contributed by atoms with van der Waals surface area (Å²) in [6.07, 6.45) is 0. The summed E-state index contributed by atoms with van der Waals surface area (Å²) in [6.45, 7) is 9.75. The fourth-order valence-corrected chi connectivity index (χ4v) is 2.69. The van der Waals surface area contributed by atoms with Crippen LogP contribution in [0.2, 0.25) is 0 Å². The number of anilines is 1. The quantitative estimate of drug-likeness (QED) is 0.788. The smallest absolute Gasteiger partial charge is 0.320 e. The Morgan fingerprint density at radius 3 is 2.60 bits per heavy atom. The van der Waals surface area contributed by atoms with E-state index in [2.05, 4.69) is 47.9 Å². The van der Waals surface area contributed by atoms with E-state index in [1.165, 1.54) is 11.3 Å². The van der Waals surface area contributed by atoms with E-state index in [0.29, 0.717) is 19.2 Å². The largest absolute Gasteiger partial charge is 0.465 e. The molecule has 0 bridgehead atoms. The topological polar surface area (TPSA) is 32.8 Å². The molecule has 4 heteroatoms. The standard InChI is InChI=1S/C16H24N2O2/c1-4-20-16(19)12-17-9-10-18(14(3)11-17)15-7-5-13(2)6-8-15/h5-8,14H,4,9-12H2,1-3H3/t14-/m1/s1. The van der Waals surface area contributed by atoms with Crippen molar-refractivity contribution in [1.82, 2.24) is 4.90 Å². The van der Waals surface area contributed by atoms with Gasteiger partial charge in [-0.3, -0.25) is 9.69 Å². The maximum atomic E-state index is 11.5. The fraction of sp³-hybridized carbons (Fsp3) is 0.562. The van der Waals surface area contributed by atoms with Crippen molar-refractivity contribution in [2.45, 2.75) is 26.8 Å². The monoisotopic (exact) mass is 276 g/mol. The molecule has 4 nitrogen and oxygen atoms in total. The van der Waals surface area contributed by atoms with Crippen LogP contribution in [0.5, 0.6) is 0 Å². The first-order valence-electron chi connectivity index (χ1n) is 7.31. The van der Waals surface area contributed by atoms with Gasteiger partial charge in [0.15, 0.2) is 0 Å². The zero-order chi connectivity index (χ0) is 14.5. The van der Waals surface area contributed by atoms with Gasteiger partial charge in [-0.2, -0.15) is 0 Å². The van der Waals surface area contributed by atoms with Crippen molar-refractivity contribution >= 4 is 11.7 Å². The van der Waals surface area contributed by atoms with Crippen molar-refractivity contribution in [3.63, 3.8) is 0 Å². The summed E-state index contributed by atoms with van der Waals surface area (Å²) in [5, 5.41) is 0. The molecule has 1 atom stereocenters. The molecule has 1 aliphatic heterocycles. The molecule has 0 spiro atoms. The van der Waals surface area contributed by atoms with Crippen LogP contribution in [-0.4, -0.2) is 49.7 Å². The SMILES string of the molecule is CCOC(=O)CN1CCN(c2ccc(C)cc2)[C@H](C)C1. The highest BCUT2D eigenvalue weighted by molar-refractivity contribution is 5.71. The van der Waals surface area contributed by atoms with Crippen LogP contribution >= 0.6 is 0 Å². The van der Waals surface area contributed by atoms with Gasteiger partial charge in [-0.25, -0.2) is 0 Å². The molecule has 1 saturated heterocycles. The van der Waals surface area contributed by atoms with Crippen LogP contribution in [0, 0.1) is 6.92 Å². The highest BCUT2D eigenvalue weighted by Gasteiger charge is 2.25. The summed E-state index contributed by atoms with van der Waals surface area (Å²) in [7, 11) is 0. The first-order valence-corrected chi connectivity index (χ1v) is 7.31. The molecule has 1 fully saturated rings. The number of aryl methyl sites for hydroxylation is 1. The van der Waals surface area contributed by atoms with E-state index < -0.39 is 0 Å². The van der Waals surface area contributed by atoms with Crippen LogP contribution in [0.3, 0.4) is 0 Å². The Kier molecular flexibility index (Phi) is 5.01. The number of carbonyl (C=O) groups is 1. The molecule has 1 heterocycles. The molecule has 0 aromatic heterocycles. The molecule has 2 rings (SSSR count). The second kappa shape index (κ2) is 6.75. The van der Waals surface area contributed by atoms with Crippen LogP contribution in [0.4, 0.5) is 5.69 Å². The van der Waals surface area contributed by atoms with E-state index in [9.17, 15) is 4.79 Å². The van der Waals surface area contributed by atoms with Gasteiger partial charge in [0.2, 0.25) is 0 Å². The average Bonchev–Trinajstić information content (AvgIpc) is 2.40. The molecule has 0 amide bonds. The lowest BCUT2D eigenvalue weighted by Crippen LogP contribution is -2.53. The molecule has 0 unspecified atom stereocenters. The molecule has 0 radical (unpaired) electrons. The summed E-state index contributed by atoms with van der Waals surface area (Å²) in [4.78, 5) is 16.1. The van der Waals surface area contributed by atoms with E-state index in [-0.39, 0.29) is 5.97 Å². The van der Waals surface area contributed by atoms with E-state index in [4.69, 9.17) is 4.74 Å². The van der Waals surface area contributed by atoms with E-state index in [1.54, 1.807) is 0 Å². The second-order valence-corrected chi connectivity index (χ2v) is 5.42. The van der Waals surface area contributed by atoms with Crippen LogP contribution in [0.1, 0.15) is 19.4 Å². The lowest BCUT2D eigenvalue weighted by Gasteiger charge is -2.41. The number of esters is 1. The van der Waals surface area contributed by atoms with Gasteiger partial charge in [-0.05, 0) is 32.9 Å². The third-order valence-electron chi connectivity index (χ3n) is 3.74. The lowest BCUT2D eigenvalue weighted by molar-refractivity contribution is -0.144. The molecule has 1 aliphatic rings. The summed E-state index contributed by atoms with van der Waals surface area (Å²) in [5.41, 5.74) is 2.54. The van der Waals surface area contributed by atoms with Crippen molar-refractivity contribution < 1.29 is 9.53 Å². The molecule has 0 aliphatic carbocycles. The Morgan fingerprint density at radius 1 is 1.30 bits per heavy atom. The zero-order valence-electron chi connectivity index (χ0n) is 12.6. The maximum Gasteiger partial charge on any atom is 0.320 e. The highest BCUT2D eigenvalue weighted by atomic mass is 16.5. The minimum absolute atomic E-state index is 0.122. The molecular weight excluding hydrogens is 252 g/mol. The van der Waals surface area contributed by atoms with E-state index >= 15 is 0 Å². The van der Waals surface area contributed by atoms with Gasteiger partial charge in [0.1, 0.15) is 0 Å². The minimum atomic E-state index is -0.122. The molecule has 0 saturated carbocycles. The number of hydrogen-bond donors (Lipinski definition) is 0. The van der Waals surface area contributed by atoms with Gasteiger partial charge in [-0.1, -0.05) is 17.7 Å². The number of ether oxygens (including phenoxy) is 1. The first kappa shape index (κ1) is 14.9. The Labute approximate surface area is 121 Å². The third-order valence-corrected chi connectivity index (χ3v) is 3.74. The van der Waals surface area contributed by atoms with Gasteiger partial charge in [0, 0.05) is 31.4 Å². The molecule has 0 N–H and O–H groups in total. The Morgan fingerprint density at radius 2 is 2.00 bits per heavy atom. The van der Waals surface area contributed by atoms with Gasteiger partial charge in [-0.15, -0.1) is 0 Å².